The number of pyridine rings is 1. The van der Waals surface area contributed by atoms with Gasteiger partial charge in [-0.25, -0.2) is 28.7 Å². The molecule has 3 aromatic heterocycles. The summed E-state index contributed by atoms with van der Waals surface area (Å²) in [6, 6.07) is 6.84. The number of guanidine groups is 1. The van der Waals surface area contributed by atoms with Crippen LogP contribution in [0.2, 0.25) is 0 Å². The van der Waals surface area contributed by atoms with E-state index < -0.39 is 11.6 Å². The molecule has 1 aliphatic heterocycles. The van der Waals surface area contributed by atoms with Gasteiger partial charge in [0.1, 0.15) is 17.0 Å². The van der Waals surface area contributed by atoms with Gasteiger partial charge in [0, 0.05) is 43.4 Å². The van der Waals surface area contributed by atoms with E-state index in [1.807, 2.05) is 30.5 Å². The number of nitrogens with one attached hydrogen (secondary N) is 1. The Morgan fingerprint density at radius 3 is 2.74 bits per heavy atom. The van der Waals surface area contributed by atoms with E-state index >= 15 is 0 Å². The molecule has 13 heteroatoms. The maximum atomic E-state index is 15.0. The molecule has 4 aromatic rings. The van der Waals surface area contributed by atoms with Gasteiger partial charge in [-0.15, -0.1) is 0 Å². The standard InChI is InChI=1S/C25H27F2IN10/c1-13(2)38-19-10-15(9-16(26)22(19)35-23(38)28)21-17(27)11-32-25(36-21)34-20-4-3-14-12-37(7-5-18(14)33-20)8-6-31-24(29)30/h3-4,9-11,13H,5-8,12H2,1-2H3,(H4,29,30,31)(H,32,33,34,36). The van der Waals surface area contributed by atoms with E-state index in [4.69, 9.17) is 16.5 Å². The molecule has 0 saturated heterocycles. The molecule has 0 aliphatic carbocycles. The first-order chi connectivity index (χ1) is 18.2. The van der Waals surface area contributed by atoms with Crippen LogP contribution in [-0.4, -0.2) is 55.0 Å². The van der Waals surface area contributed by atoms with Crippen LogP contribution < -0.4 is 16.8 Å². The van der Waals surface area contributed by atoms with Crippen LogP contribution in [0.5, 0.6) is 0 Å². The van der Waals surface area contributed by atoms with Crippen LogP contribution in [0, 0.1) is 15.5 Å². The molecular formula is C25H27F2IN10. The number of fused-ring (bicyclic) bond motifs is 2. The highest BCUT2D eigenvalue weighted by atomic mass is 127. The molecule has 5 N–H and O–H groups in total. The molecule has 0 fully saturated rings. The van der Waals surface area contributed by atoms with E-state index in [-0.39, 0.29) is 29.2 Å². The van der Waals surface area contributed by atoms with Gasteiger partial charge < -0.3 is 21.4 Å². The quantitative estimate of drug-likeness (QED) is 0.159. The topological polar surface area (TPSA) is 136 Å². The lowest BCUT2D eigenvalue weighted by Crippen LogP contribution is -2.34. The van der Waals surface area contributed by atoms with E-state index in [0.29, 0.717) is 27.3 Å². The van der Waals surface area contributed by atoms with Crippen molar-refractivity contribution in [2.45, 2.75) is 32.9 Å². The Balaban J connectivity index is 1.38. The summed E-state index contributed by atoms with van der Waals surface area (Å²) >= 11 is 2.07. The second-order valence-corrected chi connectivity index (χ2v) is 10.3. The summed E-state index contributed by atoms with van der Waals surface area (Å²) in [4.78, 5) is 23.8. The fraction of sp³-hybridized carbons (Fsp3) is 0.320. The SMILES string of the molecule is CC(C)n1c(I)nc2c(F)cc(-c3nc(Nc4ccc5c(n4)CCN(CCN=C(N)N)C5)ncc3F)cc21. The molecule has 0 bridgehead atoms. The van der Waals surface area contributed by atoms with E-state index in [9.17, 15) is 8.78 Å². The Labute approximate surface area is 231 Å². The fourth-order valence-electron chi connectivity index (χ4n) is 4.55. The van der Waals surface area contributed by atoms with Crippen LogP contribution in [0.1, 0.15) is 31.1 Å². The average molecular weight is 632 g/mol. The van der Waals surface area contributed by atoms with E-state index in [2.05, 4.69) is 52.8 Å². The lowest BCUT2D eigenvalue weighted by Gasteiger charge is -2.27. The van der Waals surface area contributed by atoms with Crippen LogP contribution in [0.4, 0.5) is 20.5 Å². The first-order valence-corrected chi connectivity index (χ1v) is 13.2. The molecule has 198 valence electrons. The summed E-state index contributed by atoms with van der Waals surface area (Å²) in [5, 5.41) is 3.06. The molecule has 38 heavy (non-hydrogen) atoms. The zero-order valence-electron chi connectivity index (χ0n) is 20.9. The van der Waals surface area contributed by atoms with Crippen LogP contribution >= 0.6 is 22.6 Å². The Kier molecular flexibility index (Phi) is 7.38. The molecule has 10 nitrogen and oxygen atoms in total. The predicted octanol–water partition coefficient (Wildman–Crippen LogP) is 3.73. The summed E-state index contributed by atoms with van der Waals surface area (Å²) < 4.78 is 32.4. The third-order valence-corrected chi connectivity index (χ3v) is 7.08. The summed E-state index contributed by atoms with van der Waals surface area (Å²) in [6.07, 6.45) is 1.84. The number of aliphatic imine (C=N–C) groups is 1. The maximum Gasteiger partial charge on any atom is 0.229 e. The van der Waals surface area contributed by atoms with Crippen molar-refractivity contribution < 1.29 is 8.78 Å². The van der Waals surface area contributed by atoms with Gasteiger partial charge >= 0.3 is 0 Å². The van der Waals surface area contributed by atoms with Crippen molar-refractivity contribution >= 4 is 51.4 Å². The molecular weight excluding hydrogens is 605 g/mol. The normalized spacial score (nSPS) is 13.6. The Hall–Kier alpha value is -3.46. The zero-order valence-corrected chi connectivity index (χ0v) is 23.1. The lowest BCUT2D eigenvalue weighted by molar-refractivity contribution is 0.259. The van der Waals surface area contributed by atoms with Crippen molar-refractivity contribution in [3.63, 3.8) is 0 Å². The summed E-state index contributed by atoms with van der Waals surface area (Å²) in [6.45, 7) is 6.85. The first-order valence-electron chi connectivity index (χ1n) is 12.1. The monoisotopic (exact) mass is 632 g/mol. The molecule has 0 radical (unpaired) electrons. The van der Waals surface area contributed by atoms with Crippen LogP contribution in [0.15, 0.2) is 35.5 Å². The Morgan fingerprint density at radius 1 is 1.16 bits per heavy atom. The number of benzene rings is 1. The lowest BCUT2D eigenvalue weighted by atomic mass is 10.1. The number of rotatable bonds is 7. The van der Waals surface area contributed by atoms with Crippen LogP contribution in [0.3, 0.4) is 0 Å². The largest absolute Gasteiger partial charge is 0.370 e. The van der Waals surface area contributed by atoms with Crippen LogP contribution in [-0.2, 0) is 13.0 Å². The van der Waals surface area contributed by atoms with Crippen molar-refractivity contribution in [2.24, 2.45) is 16.5 Å². The molecule has 0 spiro atoms. The van der Waals surface area contributed by atoms with Gasteiger partial charge in [0.05, 0.1) is 18.3 Å². The number of anilines is 2. The smallest absolute Gasteiger partial charge is 0.229 e. The number of nitrogens with zero attached hydrogens (tertiary/aromatic N) is 7. The third-order valence-electron chi connectivity index (χ3n) is 6.32. The third kappa shape index (κ3) is 5.38. The molecule has 0 unspecified atom stereocenters. The average Bonchev–Trinajstić information content (AvgIpc) is 3.21. The Morgan fingerprint density at radius 2 is 1.97 bits per heavy atom. The van der Waals surface area contributed by atoms with Crippen molar-refractivity contribution in [3.8, 4) is 11.3 Å². The number of halogens is 3. The molecule has 1 aliphatic rings. The van der Waals surface area contributed by atoms with Crippen molar-refractivity contribution in [1.82, 2.24) is 29.4 Å². The summed E-state index contributed by atoms with van der Waals surface area (Å²) in [7, 11) is 0. The number of hydrogen-bond acceptors (Lipinski definition) is 7. The molecule has 5 rings (SSSR count). The number of hydrogen-bond donors (Lipinski definition) is 3. The minimum atomic E-state index is -0.654. The summed E-state index contributed by atoms with van der Waals surface area (Å²) in [5.74, 6) is -0.390. The minimum Gasteiger partial charge on any atom is -0.370 e. The predicted molar refractivity (Wildman–Crippen MR) is 151 cm³/mol. The molecule has 4 heterocycles. The fourth-order valence-corrected chi connectivity index (χ4v) is 5.61. The van der Waals surface area contributed by atoms with Gasteiger partial charge in [-0.3, -0.25) is 9.89 Å². The highest BCUT2D eigenvalue weighted by Crippen LogP contribution is 2.31. The van der Waals surface area contributed by atoms with Gasteiger partial charge in [0.15, 0.2) is 21.4 Å². The number of nitrogens with two attached hydrogens (primary N) is 2. The molecule has 0 saturated carbocycles. The summed E-state index contributed by atoms with van der Waals surface area (Å²) in [5.41, 5.74) is 14.0. The van der Waals surface area contributed by atoms with E-state index in [1.165, 1.54) is 6.07 Å². The van der Waals surface area contributed by atoms with Gasteiger partial charge in [0.25, 0.3) is 0 Å². The van der Waals surface area contributed by atoms with E-state index in [1.54, 1.807) is 6.07 Å². The van der Waals surface area contributed by atoms with Crippen LogP contribution in [0.25, 0.3) is 22.3 Å². The first kappa shape index (κ1) is 26.2. The maximum absolute atomic E-state index is 15.0. The van der Waals surface area contributed by atoms with E-state index in [0.717, 1.165) is 43.5 Å². The molecule has 1 aromatic carbocycles. The number of imidazole rings is 1. The van der Waals surface area contributed by atoms with Gasteiger partial charge in [-0.1, -0.05) is 6.07 Å². The Bertz CT molecular complexity index is 1530. The minimum absolute atomic E-state index is 0.0100. The van der Waals surface area contributed by atoms with Crippen molar-refractivity contribution in [3.05, 3.63) is 57.2 Å². The second kappa shape index (κ2) is 10.7. The zero-order chi connectivity index (χ0) is 27.0. The molecule has 0 amide bonds. The highest BCUT2D eigenvalue weighted by molar-refractivity contribution is 14.1. The van der Waals surface area contributed by atoms with Crippen molar-refractivity contribution in [1.29, 1.82) is 0 Å². The highest BCUT2D eigenvalue weighted by Gasteiger charge is 2.20. The van der Waals surface area contributed by atoms with Crippen molar-refractivity contribution in [2.75, 3.05) is 25.0 Å². The van der Waals surface area contributed by atoms with Gasteiger partial charge in [0.2, 0.25) is 5.95 Å². The van der Waals surface area contributed by atoms with Gasteiger partial charge in [-0.05, 0) is 60.2 Å². The second-order valence-electron chi connectivity index (χ2n) is 9.32. The number of aromatic nitrogens is 5. The molecule has 0 atom stereocenters. The van der Waals surface area contributed by atoms with Gasteiger partial charge in [-0.2, -0.15) is 0 Å².